The normalized spacial score (nSPS) is 34.8. The third kappa shape index (κ3) is 3.50. The lowest BCUT2D eigenvalue weighted by atomic mass is 9.48. The van der Waals surface area contributed by atoms with Crippen molar-refractivity contribution in [1.82, 2.24) is 0 Å². The second-order valence-corrected chi connectivity index (χ2v) is 10.4. The third-order valence-electron chi connectivity index (χ3n) is 8.59. The van der Waals surface area contributed by atoms with Gasteiger partial charge >= 0.3 is 23.9 Å². The highest BCUT2D eigenvalue weighted by Crippen LogP contribution is 2.67. The molecule has 3 fully saturated rings. The third-order valence-corrected chi connectivity index (χ3v) is 8.59. The van der Waals surface area contributed by atoms with Gasteiger partial charge in [-0.1, -0.05) is 30.9 Å². The molecule has 0 aliphatic heterocycles. The lowest BCUT2D eigenvalue weighted by Crippen LogP contribution is -2.65. The van der Waals surface area contributed by atoms with Gasteiger partial charge in [0.1, 0.15) is 0 Å². The van der Waals surface area contributed by atoms with Gasteiger partial charge in [0.25, 0.3) is 0 Å². The lowest BCUT2D eigenvalue weighted by Gasteiger charge is -2.60. The van der Waals surface area contributed by atoms with Crippen molar-refractivity contribution in [2.24, 2.45) is 22.7 Å². The summed E-state index contributed by atoms with van der Waals surface area (Å²) in [6, 6.07) is 0. The van der Waals surface area contributed by atoms with Crippen LogP contribution in [0.25, 0.3) is 0 Å². The number of esters is 3. The molecule has 0 amide bonds. The molecule has 0 heterocycles. The average Bonchev–Trinajstić information content (AvgIpc) is 3.07. The Labute approximate surface area is 185 Å². The van der Waals surface area contributed by atoms with E-state index in [-0.39, 0.29) is 17.3 Å². The molecule has 0 bridgehead atoms. The molecule has 0 spiro atoms. The Balaban J connectivity index is 1.93. The summed E-state index contributed by atoms with van der Waals surface area (Å²) < 4.78 is 17.4. The summed E-state index contributed by atoms with van der Waals surface area (Å²) >= 11 is 0. The molecule has 31 heavy (non-hydrogen) atoms. The monoisotopic (exact) mass is 432 g/mol. The predicted octanol–water partition coefficient (Wildman–Crippen LogP) is 5.20. The number of allylic oxidation sites excluding steroid dienone is 2. The van der Waals surface area contributed by atoms with Crippen molar-refractivity contribution in [3.63, 3.8) is 0 Å². The fourth-order valence-corrected chi connectivity index (χ4v) is 7.67. The quantitative estimate of drug-likeness (QED) is 0.345. The van der Waals surface area contributed by atoms with Crippen molar-refractivity contribution in [2.75, 3.05) is 0 Å². The van der Waals surface area contributed by atoms with Crippen LogP contribution in [0.15, 0.2) is 11.1 Å². The standard InChI is InChI=1S/C25H36O6/c1-16(26)29-25(30-17(2)27,31-18(3)28)24-14-6-5-8-19(24)10-11-20-21-9-7-13-23(21,4)15-12-22(20)24/h19,22H,5-15H2,1-4H3/t19?,22-,23+,24-/m1/s1. The molecule has 4 aliphatic rings. The lowest BCUT2D eigenvalue weighted by molar-refractivity contribution is -0.402. The molecular formula is C25H36O6. The van der Waals surface area contributed by atoms with Crippen molar-refractivity contribution < 1.29 is 28.6 Å². The number of hydrogen-bond donors (Lipinski definition) is 0. The van der Waals surface area contributed by atoms with Crippen molar-refractivity contribution in [3.8, 4) is 0 Å². The zero-order valence-electron chi connectivity index (χ0n) is 19.4. The Morgan fingerprint density at radius 2 is 1.45 bits per heavy atom. The first kappa shape index (κ1) is 22.3. The zero-order valence-corrected chi connectivity index (χ0v) is 19.4. The van der Waals surface area contributed by atoms with Crippen LogP contribution in [0.1, 0.15) is 98.3 Å². The van der Waals surface area contributed by atoms with Crippen LogP contribution in [0.5, 0.6) is 0 Å². The van der Waals surface area contributed by atoms with Crippen LogP contribution in [0, 0.1) is 22.7 Å². The molecule has 172 valence electrons. The van der Waals surface area contributed by atoms with E-state index in [4.69, 9.17) is 14.2 Å². The van der Waals surface area contributed by atoms with Crippen LogP contribution in [-0.2, 0) is 28.6 Å². The molecule has 4 aliphatic carbocycles. The summed E-state index contributed by atoms with van der Waals surface area (Å²) in [5.41, 5.74) is 2.54. The molecule has 1 unspecified atom stereocenters. The smallest absolute Gasteiger partial charge is 0.388 e. The van der Waals surface area contributed by atoms with Gasteiger partial charge in [-0.05, 0) is 75.0 Å². The maximum Gasteiger partial charge on any atom is 0.430 e. The minimum Gasteiger partial charge on any atom is -0.388 e. The van der Waals surface area contributed by atoms with Gasteiger partial charge in [-0.2, -0.15) is 0 Å². The van der Waals surface area contributed by atoms with Gasteiger partial charge in [-0.15, -0.1) is 0 Å². The van der Waals surface area contributed by atoms with Crippen molar-refractivity contribution >= 4 is 17.9 Å². The number of carbonyl (C=O) groups is 3. The van der Waals surface area contributed by atoms with E-state index in [0.717, 1.165) is 51.4 Å². The second kappa shape index (κ2) is 7.93. The van der Waals surface area contributed by atoms with Gasteiger partial charge in [0, 0.05) is 20.8 Å². The van der Waals surface area contributed by atoms with E-state index in [1.165, 1.54) is 39.2 Å². The summed E-state index contributed by atoms with van der Waals surface area (Å²) in [5.74, 6) is -3.58. The van der Waals surface area contributed by atoms with Gasteiger partial charge in [-0.25, -0.2) is 0 Å². The number of hydrogen-bond acceptors (Lipinski definition) is 6. The highest BCUT2D eigenvalue weighted by atomic mass is 16.9. The van der Waals surface area contributed by atoms with Crippen LogP contribution in [0.4, 0.5) is 0 Å². The van der Waals surface area contributed by atoms with E-state index in [2.05, 4.69) is 6.92 Å². The molecule has 0 aromatic rings. The fourth-order valence-electron chi connectivity index (χ4n) is 7.67. The molecule has 0 radical (unpaired) electrons. The van der Waals surface area contributed by atoms with Crippen LogP contribution in [-0.4, -0.2) is 23.9 Å². The van der Waals surface area contributed by atoms with E-state index in [1.54, 1.807) is 5.57 Å². The number of fused-ring (bicyclic) bond motifs is 4. The Morgan fingerprint density at radius 3 is 2.06 bits per heavy atom. The van der Waals surface area contributed by atoms with Gasteiger partial charge < -0.3 is 14.2 Å². The Bertz CT molecular complexity index is 772. The Kier molecular flexibility index (Phi) is 5.72. The molecule has 0 N–H and O–H groups in total. The van der Waals surface area contributed by atoms with E-state index >= 15 is 0 Å². The van der Waals surface area contributed by atoms with E-state index in [0.29, 0.717) is 6.42 Å². The van der Waals surface area contributed by atoms with Crippen LogP contribution >= 0.6 is 0 Å². The minimum atomic E-state index is -2.01. The summed E-state index contributed by atoms with van der Waals surface area (Å²) in [5, 5.41) is 0. The van der Waals surface area contributed by atoms with Gasteiger partial charge in [0.05, 0.1) is 5.41 Å². The van der Waals surface area contributed by atoms with Gasteiger partial charge in [0.2, 0.25) is 0 Å². The zero-order chi connectivity index (χ0) is 22.4. The topological polar surface area (TPSA) is 78.9 Å². The van der Waals surface area contributed by atoms with Crippen molar-refractivity contribution in [2.45, 2.75) is 104 Å². The summed E-state index contributed by atoms with van der Waals surface area (Å²) in [7, 11) is 0. The van der Waals surface area contributed by atoms with E-state index < -0.39 is 29.3 Å². The first-order valence-electron chi connectivity index (χ1n) is 11.9. The highest BCUT2D eigenvalue weighted by Gasteiger charge is 2.70. The molecule has 4 rings (SSSR count). The average molecular weight is 433 g/mol. The molecule has 0 aromatic heterocycles. The van der Waals surface area contributed by atoms with Crippen LogP contribution in [0.2, 0.25) is 0 Å². The summed E-state index contributed by atoms with van der Waals surface area (Å²) in [6.07, 6.45) is 11.2. The molecule has 0 aromatic carbocycles. The molecule has 6 heteroatoms. The van der Waals surface area contributed by atoms with Crippen LogP contribution in [0.3, 0.4) is 0 Å². The Morgan fingerprint density at radius 1 is 0.806 bits per heavy atom. The maximum atomic E-state index is 12.3. The van der Waals surface area contributed by atoms with E-state index in [1.807, 2.05) is 0 Å². The van der Waals surface area contributed by atoms with Gasteiger partial charge in [0.15, 0.2) is 0 Å². The summed E-state index contributed by atoms with van der Waals surface area (Å²) in [6.45, 7) is 6.24. The minimum absolute atomic E-state index is 0.0887. The van der Waals surface area contributed by atoms with E-state index in [9.17, 15) is 14.4 Å². The Hall–Kier alpha value is -1.85. The molecule has 3 saturated carbocycles. The summed E-state index contributed by atoms with van der Waals surface area (Å²) in [4.78, 5) is 36.9. The van der Waals surface area contributed by atoms with Gasteiger partial charge in [-0.3, -0.25) is 14.4 Å². The van der Waals surface area contributed by atoms with Crippen molar-refractivity contribution in [1.29, 1.82) is 0 Å². The SMILES string of the molecule is CC(=O)OC(OC(C)=O)(OC(C)=O)[C@]12CCCCC1CCC1=C3CCC[C@@]3(C)CC[C@H]12. The highest BCUT2D eigenvalue weighted by molar-refractivity contribution is 5.71. The molecule has 4 atom stereocenters. The van der Waals surface area contributed by atoms with Crippen LogP contribution < -0.4 is 0 Å². The number of ether oxygens (including phenoxy) is 3. The number of carbonyl (C=O) groups excluding carboxylic acids is 3. The number of rotatable bonds is 4. The first-order valence-corrected chi connectivity index (χ1v) is 11.9. The first-order chi connectivity index (χ1) is 14.6. The predicted molar refractivity (Wildman–Crippen MR) is 113 cm³/mol. The molecule has 6 nitrogen and oxygen atoms in total. The van der Waals surface area contributed by atoms with Crippen molar-refractivity contribution in [3.05, 3.63) is 11.1 Å². The molecular weight excluding hydrogens is 396 g/mol. The maximum absolute atomic E-state index is 12.3. The molecule has 0 saturated heterocycles. The fraction of sp³-hybridized carbons (Fsp3) is 0.800. The second-order valence-electron chi connectivity index (χ2n) is 10.4. The largest absolute Gasteiger partial charge is 0.430 e.